The first-order valence-electron chi connectivity index (χ1n) is 9.90. The van der Waals surface area contributed by atoms with Crippen molar-refractivity contribution < 1.29 is 0 Å². The fraction of sp³-hybridized carbons (Fsp3) is 0.500. The predicted molar refractivity (Wildman–Crippen MR) is 109 cm³/mol. The highest BCUT2D eigenvalue weighted by atomic mass is 15.2. The SMILES string of the molecule is CCC1(CC)Nc2cc3ccccc3cc2NC1=NC1CCCCC1. The Morgan fingerprint density at radius 2 is 1.60 bits per heavy atom. The minimum absolute atomic E-state index is 0.0765. The minimum Gasteiger partial charge on any atom is -0.371 e. The normalized spacial score (nSPS) is 21.6. The summed E-state index contributed by atoms with van der Waals surface area (Å²) in [6.45, 7) is 4.53. The Kier molecular flexibility index (Phi) is 4.41. The molecule has 25 heavy (non-hydrogen) atoms. The van der Waals surface area contributed by atoms with E-state index < -0.39 is 0 Å². The predicted octanol–water partition coefficient (Wildman–Crippen LogP) is 5.97. The molecule has 0 atom stereocenters. The minimum atomic E-state index is -0.0765. The molecular formula is C22H29N3. The van der Waals surface area contributed by atoms with Crippen LogP contribution in [-0.2, 0) is 0 Å². The van der Waals surface area contributed by atoms with Gasteiger partial charge in [0.25, 0.3) is 0 Å². The van der Waals surface area contributed by atoms with Crippen LogP contribution < -0.4 is 10.6 Å². The third-order valence-electron chi connectivity index (χ3n) is 6.06. The number of aliphatic imine (C=N–C) groups is 1. The number of rotatable bonds is 3. The maximum Gasteiger partial charge on any atom is 0.127 e. The number of benzene rings is 2. The van der Waals surface area contributed by atoms with Crippen LogP contribution in [0.3, 0.4) is 0 Å². The van der Waals surface area contributed by atoms with Gasteiger partial charge < -0.3 is 10.6 Å². The van der Waals surface area contributed by atoms with Gasteiger partial charge in [-0.3, -0.25) is 4.99 Å². The molecule has 1 aliphatic heterocycles. The molecule has 0 saturated heterocycles. The zero-order valence-corrected chi connectivity index (χ0v) is 15.4. The summed E-state index contributed by atoms with van der Waals surface area (Å²) in [5.74, 6) is 1.15. The number of anilines is 2. The second kappa shape index (κ2) is 6.70. The summed E-state index contributed by atoms with van der Waals surface area (Å²) in [6.07, 6.45) is 8.55. The molecule has 132 valence electrons. The van der Waals surface area contributed by atoms with Gasteiger partial charge in [-0.25, -0.2) is 0 Å². The van der Waals surface area contributed by atoms with Crippen LogP contribution in [0, 0.1) is 0 Å². The molecular weight excluding hydrogens is 306 g/mol. The summed E-state index contributed by atoms with van der Waals surface area (Å²) >= 11 is 0. The first-order chi connectivity index (χ1) is 12.2. The fourth-order valence-corrected chi connectivity index (χ4v) is 4.32. The number of hydrogen-bond acceptors (Lipinski definition) is 2. The number of fused-ring (bicyclic) bond motifs is 2. The summed E-state index contributed by atoms with van der Waals surface area (Å²) in [6, 6.07) is 13.6. The van der Waals surface area contributed by atoms with Gasteiger partial charge in [-0.15, -0.1) is 0 Å². The van der Waals surface area contributed by atoms with Crippen LogP contribution in [0.25, 0.3) is 10.8 Å². The molecule has 3 nitrogen and oxygen atoms in total. The van der Waals surface area contributed by atoms with Gasteiger partial charge >= 0.3 is 0 Å². The summed E-state index contributed by atoms with van der Waals surface area (Å²) in [4.78, 5) is 5.21. The van der Waals surface area contributed by atoms with E-state index in [1.165, 1.54) is 48.6 Å². The highest BCUT2D eigenvalue weighted by Crippen LogP contribution is 2.38. The van der Waals surface area contributed by atoms with E-state index in [1.54, 1.807) is 0 Å². The molecule has 1 fully saturated rings. The molecule has 3 heteroatoms. The molecule has 1 saturated carbocycles. The molecule has 0 unspecified atom stereocenters. The van der Waals surface area contributed by atoms with Crippen molar-refractivity contribution in [3.63, 3.8) is 0 Å². The van der Waals surface area contributed by atoms with Crippen LogP contribution in [0.15, 0.2) is 41.4 Å². The summed E-state index contributed by atoms with van der Waals surface area (Å²) < 4.78 is 0. The molecule has 0 spiro atoms. The van der Waals surface area contributed by atoms with Crippen LogP contribution in [0.5, 0.6) is 0 Å². The van der Waals surface area contributed by atoms with Crippen molar-refractivity contribution in [1.29, 1.82) is 0 Å². The zero-order chi connectivity index (χ0) is 17.3. The number of hydrogen-bond donors (Lipinski definition) is 2. The number of amidine groups is 1. The van der Waals surface area contributed by atoms with Gasteiger partial charge in [0.15, 0.2) is 0 Å². The molecule has 0 radical (unpaired) electrons. The number of nitrogens with one attached hydrogen (secondary N) is 2. The summed E-state index contributed by atoms with van der Waals surface area (Å²) in [5.41, 5.74) is 2.28. The smallest absolute Gasteiger partial charge is 0.127 e. The molecule has 1 heterocycles. The van der Waals surface area contributed by atoms with E-state index in [2.05, 4.69) is 60.9 Å². The van der Waals surface area contributed by atoms with Gasteiger partial charge in [0.05, 0.1) is 23.0 Å². The van der Waals surface area contributed by atoms with E-state index >= 15 is 0 Å². The lowest BCUT2D eigenvalue weighted by Crippen LogP contribution is -2.52. The van der Waals surface area contributed by atoms with Crippen molar-refractivity contribution in [2.24, 2.45) is 4.99 Å². The van der Waals surface area contributed by atoms with Crippen LogP contribution >= 0.6 is 0 Å². The Labute approximate surface area is 150 Å². The van der Waals surface area contributed by atoms with Crippen molar-refractivity contribution in [1.82, 2.24) is 0 Å². The lowest BCUT2D eigenvalue weighted by Gasteiger charge is -2.41. The van der Waals surface area contributed by atoms with E-state index in [0.29, 0.717) is 6.04 Å². The van der Waals surface area contributed by atoms with Gasteiger partial charge in [-0.2, -0.15) is 0 Å². The average Bonchev–Trinajstić information content (AvgIpc) is 2.67. The lowest BCUT2D eigenvalue weighted by molar-refractivity contribution is 0.438. The second-order valence-electron chi connectivity index (χ2n) is 7.55. The van der Waals surface area contributed by atoms with Crippen molar-refractivity contribution in [2.45, 2.75) is 70.4 Å². The maximum atomic E-state index is 5.21. The topological polar surface area (TPSA) is 36.4 Å². The molecule has 4 rings (SSSR count). The molecule has 2 aliphatic rings. The first-order valence-corrected chi connectivity index (χ1v) is 9.90. The largest absolute Gasteiger partial charge is 0.371 e. The van der Waals surface area contributed by atoms with E-state index in [0.717, 1.165) is 24.4 Å². The van der Waals surface area contributed by atoms with Crippen LogP contribution in [0.4, 0.5) is 11.4 Å². The summed E-state index contributed by atoms with van der Waals surface area (Å²) in [7, 11) is 0. The van der Waals surface area contributed by atoms with Crippen LogP contribution in [-0.4, -0.2) is 17.4 Å². The Hall–Kier alpha value is -2.03. The van der Waals surface area contributed by atoms with E-state index in [4.69, 9.17) is 4.99 Å². The van der Waals surface area contributed by atoms with E-state index in [-0.39, 0.29) is 5.54 Å². The molecule has 1 aliphatic carbocycles. The molecule has 0 aromatic heterocycles. The molecule has 2 N–H and O–H groups in total. The van der Waals surface area contributed by atoms with Gasteiger partial charge in [0, 0.05) is 0 Å². The zero-order valence-electron chi connectivity index (χ0n) is 15.4. The Bertz CT molecular complexity index is 783. The van der Waals surface area contributed by atoms with Gasteiger partial charge in [-0.05, 0) is 48.6 Å². The summed E-state index contributed by atoms with van der Waals surface area (Å²) in [5, 5.41) is 10.1. The third-order valence-corrected chi connectivity index (χ3v) is 6.06. The highest BCUT2D eigenvalue weighted by molar-refractivity contribution is 6.11. The van der Waals surface area contributed by atoms with Crippen molar-refractivity contribution >= 4 is 28.0 Å². The van der Waals surface area contributed by atoms with Crippen LogP contribution in [0.2, 0.25) is 0 Å². The van der Waals surface area contributed by atoms with Crippen LogP contribution in [0.1, 0.15) is 58.8 Å². The van der Waals surface area contributed by atoms with Crippen molar-refractivity contribution in [3.05, 3.63) is 36.4 Å². The second-order valence-corrected chi connectivity index (χ2v) is 7.55. The molecule has 0 amide bonds. The Balaban J connectivity index is 1.76. The Morgan fingerprint density at radius 1 is 0.960 bits per heavy atom. The highest BCUT2D eigenvalue weighted by Gasteiger charge is 2.37. The van der Waals surface area contributed by atoms with Gasteiger partial charge in [0.2, 0.25) is 0 Å². The molecule has 2 aromatic rings. The lowest BCUT2D eigenvalue weighted by atomic mass is 9.87. The standard InChI is InChI=1S/C22H29N3/c1-3-22(4-2)21(23-18-12-6-5-7-13-18)24-19-14-16-10-8-9-11-17(16)15-20(19)25-22/h8-11,14-15,18,25H,3-7,12-13H2,1-2H3,(H,23,24). The van der Waals surface area contributed by atoms with E-state index in [9.17, 15) is 0 Å². The van der Waals surface area contributed by atoms with Crippen molar-refractivity contribution in [3.8, 4) is 0 Å². The molecule has 2 aromatic carbocycles. The number of nitrogens with zero attached hydrogens (tertiary/aromatic N) is 1. The third kappa shape index (κ3) is 3.01. The molecule has 0 bridgehead atoms. The quantitative estimate of drug-likeness (QED) is 0.725. The maximum absolute atomic E-state index is 5.21. The average molecular weight is 335 g/mol. The van der Waals surface area contributed by atoms with E-state index in [1.807, 2.05) is 0 Å². The van der Waals surface area contributed by atoms with Crippen molar-refractivity contribution in [2.75, 3.05) is 10.6 Å². The van der Waals surface area contributed by atoms with Gasteiger partial charge in [0.1, 0.15) is 5.84 Å². The fourth-order valence-electron chi connectivity index (χ4n) is 4.32. The first kappa shape index (κ1) is 16.4. The Morgan fingerprint density at radius 3 is 2.24 bits per heavy atom. The van der Waals surface area contributed by atoms with Gasteiger partial charge in [-0.1, -0.05) is 57.4 Å². The monoisotopic (exact) mass is 335 g/mol.